The van der Waals surface area contributed by atoms with Crippen LogP contribution in [0.2, 0.25) is 0 Å². The lowest BCUT2D eigenvalue weighted by Crippen LogP contribution is -2.32. The molecule has 0 unspecified atom stereocenters. The molecule has 0 radical (unpaired) electrons. The second-order valence-corrected chi connectivity index (χ2v) is 10.8. The molecule has 2 N–H and O–H groups in total. The van der Waals surface area contributed by atoms with Crippen molar-refractivity contribution in [2.45, 2.75) is 44.6 Å². The van der Waals surface area contributed by atoms with Gasteiger partial charge >= 0.3 is 6.09 Å². The Bertz CT molecular complexity index is 1710. The van der Waals surface area contributed by atoms with Crippen LogP contribution in [0.1, 0.15) is 41.1 Å². The van der Waals surface area contributed by atoms with Crippen LogP contribution in [0.5, 0.6) is 0 Å². The van der Waals surface area contributed by atoms with E-state index in [2.05, 4.69) is 39.6 Å². The van der Waals surface area contributed by atoms with Crippen molar-refractivity contribution in [3.8, 4) is 11.1 Å². The van der Waals surface area contributed by atoms with E-state index in [4.69, 9.17) is 14.2 Å². The molecule has 5 aromatic rings. The highest BCUT2D eigenvalue weighted by Crippen LogP contribution is 2.39. The number of amides is 1. The van der Waals surface area contributed by atoms with Gasteiger partial charge in [0.1, 0.15) is 6.61 Å². The Morgan fingerprint density at radius 3 is 2.55 bits per heavy atom. The van der Waals surface area contributed by atoms with Crippen LogP contribution in [0.3, 0.4) is 0 Å². The van der Waals surface area contributed by atoms with E-state index >= 15 is 0 Å². The van der Waals surface area contributed by atoms with Gasteiger partial charge in [0.15, 0.2) is 6.29 Å². The summed E-state index contributed by atoms with van der Waals surface area (Å²) in [6.45, 7) is 4.73. The number of para-hydroxylation sites is 2. The first-order valence-corrected chi connectivity index (χ1v) is 14.7. The molecule has 0 aliphatic carbocycles. The molecule has 1 saturated heterocycles. The van der Waals surface area contributed by atoms with Crippen LogP contribution in [-0.4, -0.2) is 33.5 Å². The number of alkyl carbamates (subject to hydrolysis) is 1. The van der Waals surface area contributed by atoms with Crippen LogP contribution in [0, 0.1) is 0 Å². The normalized spacial score (nSPS) is 18.2. The molecular weight excluding hydrogens is 554 g/mol. The first-order chi connectivity index (χ1) is 21.6. The Kier molecular flexibility index (Phi) is 9.12. The van der Waals surface area contributed by atoms with E-state index in [-0.39, 0.29) is 25.4 Å². The molecule has 0 bridgehead atoms. The number of hydrogen-bond acceptors (Lipinski definition) is 6. The number of aliphatic hydroxyl groups is 1. The second kappa shape index (κ2) is 13.7. The van der Waals surface area contributed by atoms with E-state index in [0.29, 0.717) is 19.5 Å². The summed E-state index contributed by atoms with van der Waals surface area (Å²) < 4.78 is 20.2. The molecule has 0 saturated carbocycles. The molecular formula is C36H35N3O5. The van der Waals surface area contributed by atoms with Crippen molar-refractivity contribution in [1.82, 2.24) is 14.9 Å². The van der Waals surface area contributed by atoms with Crippen LogP contribution in [-0.2, 0) is 33.9 Å². The average molecular weight is 590 g/mol. The zero-order valence-corrected chi connectivity index (χ0v) is 24.3. The largest absolute Gasteiger partial charge is 0.445 e. The van der Waals surface area contributed by atoms with Gasteiger partial charge < -0.3 is 29.2 Å². The van der Waals surface area contributed by atoms with Crippen molar-refractivity contribution in [3.63, 3.8) is 0 Å². The third-order valence-corrected chi connectivity index (χ3v) is 7.75. The number of fused-ring (bicyclic) bond motifs is 1. The van der Waals surface area contributed by atoms with Crippen molar-refractivity contribution in [2.24, 2.45) is 0 Å². The van der Waals surface area contributed by atoms with E-state index in [1.165, 1.54) is 6.08 Å². The topological polar surface area (TPSA) is 94.8 Å². The van der Waals surface area contributed by atoms with E-state index < -0.39 is 12.4 Å². The smallest absolute Gasteiger partial charge is 0.407 e. The number of aromatic nitrogens is 2. The zero-order valence-electron chi connectivity index (χ0n) is 24.3. The summed E-state index contributed by atoms with van der Waals surface area (Å²) in [6, 6.07) is 32.2. The molecule has 4 aromatic carbocycles. The van der Waals surface area contributed by atoms with E-state index in [1.54, 1.807) is 0 Å². The molecule has 8 heteroatoms. The van der Waals surface area contributed by atoms with Gasteiger partial charge in [-0.3, -0.25) is 0 Å². The minimum absolute atomic E-state index is 0.00189. The molecule has 3 atom stereocenters. The highest BCUT2D eigenvalue weighted by molar-refractivity contribution is 5.75. The summed E-state index contributed by atoms with van der Waals surface area (Å²) in [6.07, 6.45) is 2.75. The van der Waals surface area contributed by atoms with Crippen LogP contribution in [0.4, 0.5) is 4.79 Å². The average Bonchev–Trinajstić information content (AvgIpc) is 3.49. The Labute approximate surface area is 256 Å². The molecule has 1 aromatic heterocycles. The molecule has 8 nitrogen and oxygen atoms in total. The molecule has 6 rings (SSSR count). The van der Waals surface area contributed by atoms with E-state index in [0.717, 1.165) is 44.4 Å². The van der Waals surface area contributed by atoms with Gasteiger partial charge in [0, 0.05) is 18.5 Å². The highest BCUT2D eigenvalue weighted by atomic mass is 16.7. The fourth-order valence-corrected chi connectivity index (χ4v) is 5.46. The van der Waals surface area contributed by atoms with Crippen LogP contribution in [0.25, 0.3) is 22.2 Å². The fourth-order valence-electron chi connectivity index (χ4n) is 5.46. The molecule has 1 aliphatic heterocycles. The number of benzene rings is 4. The summed E-state index contributed by atoms with van der Waals surface area (Å²) in [5.74, 6) is 0. The Morgan fingerprint density at radius 2 is 1.75 bits per heavy atom. The first-order valence-electron chi connectivity index (χ1n) is 14.7. The maximum Gasteiger partial charge on any atom is 0.407 e. The van der Waals surface area contributed by atoms with E-state index in [1.807, 2.05) is 85.2 Å². The molecule has 1 aliphatic rings. The summed E-state index contributed by atoms with van der Waals surface area (Å²) >= 11 is 0. The summed E-state index contributed by atoms with van der Waals surface area (Å²) in [5, 5.41) is 12.3. The van der Waals surface area contributed by atoms with Crippen LogP contribution < -0.4 is 5.32 Å². The minimum Gasteiger partial charge on any atom is -0.445 e. The van der Waals surface area contributed by atoms with Gasteiger partial charge in [0.25, 0.3) is 0 Å². The van der Waals surface area contributed by atoms with Crippen molar-refractivity contribution in [1.29, 1.82) is 0 Å². The van der Waals surface area contributed by atoms with Crippen molar-refractivity contribution < 1.29 is 24.1 Å². The number of nitrogens with one attached hydrogen (secondary N) is 1. The van der Waals surface area contributed by atoms with Gasteiger partial charge in [-0.1, -0.05) is 91.5 Å². The van der Waals surface area contributed by atoms with E-state index in [9.17, 15) is 9.90 Å². The second-order valence-electron chi connectivity index (χ2n) is 10.8. The highest BCUT2D eigenvalue weighted by Gasteiger charge is 2.32. The summed E-state index contributed by atoms with van der Waals surface area (Å²) in [4.78, 5) is 16.4. The van der Waals surface area contributed by atoms with Crippen molar-refractivity contribution in [2.75, 3.05) is 6.61 Å². The molecule has 0 spiro atoms. The third kappa shape index (κ3) is 6.89. The Balaban J connectivity index is 1.20. The van der Waals surface area contributed by atoms with Gasteiger partial charge in [0.05, 0.1) is 42.7 Å². The minimum atomic E-state index is -0.558. The van der Waals surface area contributed by atoms with Crippen LogP contribution in [0.15, 0.2) is 116 Å². The lowest BCUT2D eigenvalue weighted by molar-refractivity contribution is -0.252. The molecule has 1 fully saturated rings. The SMILES string of the molecule is C=CCOC(=O)NCc1cccc(-c2ccc([C@@H]3O[C@H](Cn4cnc5ccccc54)C[C@H](c4ccc(CO)cc4)O3)cc2)c1. The molecule has 44 heavy (non-hydrogen) atoms. The van der Waals surface area contributed by atoms with Crippen molar-refractivity contribution in [3.05, 3.63) is 138 Å². The summed E-state index contributed by atoms with van der Waals surface area (Å²) in [5.41, 5.74) is 7.90. The maximum atomic E-state index is 11.8. The standard InChI is InChI=1S/C36H35N3O5/c1-2-18-42-36(41)37-21-26-6-5-7-30(19-26)27-14-16-29(17-15-27)35-43-31(22-39-24-38-32-8-3-4-9-33(32)39)20-34(44-35)28-12-10-25(23-40)11-13-28/h2-17,19,24,31,34-35,40H,1,18,20-23H2,(H,37,41)/t31-,34+,35+/m0/s1. The Morgan fingerprint density at radius 1 is 0.955 bits per heavy atom. The van der Waals surface area contributed by atoms with Gasteiger partial charge in [-0.05, 0) is 46.0 Å². The van der Waals surface area contributed by atoms with Crippen LogP contribution >= 0.6 is 0 Å². The van der Waals surface area contributed by atoms with Gasteiger partial charge in [-0.25, -0.2) is 9.78 Å². The zero-order chi connectivity index (χ0) is 30.3. The fraction of sp³-hybridized carbons (Fsp3) is 0.222. The summed E-state index contributed by atoms with van der Waals surface area (Å²) in [7, 11) is 0. The predicted molar refractivity (Wildman–Crippen MR) is 168 cm³/mol. The number of aliphatic hydroxyl groups excluding tert-OH is 1. The van der Waals surface area contributed by atoms with Gasteiger partial charge in [-0.2, -0.15) is 0 Å². The number of carbonyl (C=O) groups excluding carboxylic acids is 1. The lowest BCUT2D eigenvalue weighted by atomic mass is 9.99. The monoisotopic (exact) mass is 589 g/mol. The van der Waals surface area contributed by atoms with Crippen molar-refractivity contribution >= 4 is 17.1 Å². The van der Waals surface area contributed by atoms with Gasteiger partial charge in [-0.15, -0.1) is 0 Å². The molecule has 1 amide bonds. The first kappa shape index (κ1) is 29.3. The molecule has 2 heterocycles. The number of hydrogen-bond donors (Lipinski definition) is 2. The number of ether oxygens (including phenoxy) is 3. The third-order valence-electron chi connectivity index (χ3n) is 7.75. The lowest BCUT2D eigenvalue weighted by Gasteiger charge is -2.36. The quantitative estimate of drug-likeness (QED) is 0.173. The maximum absolute atomic E-state index is 11.8. The number of carbonyl (C=O) groups is 1. The number of nitrogens with zero attached hydrogens (tertiary/aromatic N) is 2. The Hall–Kier alpha value is -4.76. The predicted octanol–water partition coefficient (Wildman–Crippen LogP) is 6.85. The number of imidazole rings is 1. The molecule has 224 valence electrons. The van der Waals surface area contributed by atoms with Gasteiger partial charge in [0.2, 0.25) is 0 Å². The number of rotatable bonds is 10.